The maximum atomic E-state index is 5.91. The van der Waals surface area contributed by atoms with E-state index in [1.54, 1.807) is 0 Å². The van der Waals surface area contributed by atoms with Gasteiger partial charge in [-0.3, -0.25) is 0 Å². The highest BCUT2D eigenvalue weighted by molar-refractivity contribution is 9.09. The summed E-state index contributed by atoms with van der Waals surface area (Å²) in [7, 11) is 0. The summed E-state index contributed by atoms with van der Waals surface area (Å²) in [6, 6.07) is 8.24. The Morgan fingerprint density at radius 1 is 1.35 bits per heavy atom. The van der Waals surface area contributed by atoms with E-state index in [9.17, 15) is 0 Å². The van der Waals surface area contributed by atoms with Gasteiger partial charge in [-0.05, 0) is 48.3 Å². The lowest BCUT2D eigenvalue weighted by Crippen LogP contribution is -2.27. The predicted molar refractivity (Wildman–Crippen MR) is 79.0 cm³/mol. The molecule has 0 aromatic heterocycles. The molecule has 1 aromatic carbocycles. The van der Waals surface area contributed by atoms with E-state index in [1.807, 2.05) is 12.1 Å². The van der Waals surface area contributed by atoms with Crippen molar-refractivity contribution in [2.45, 2.75) is 44.4 Å². The third-order valence-electron chi connectivity index (χ3n) is 4.12. The van der Waals surface area contributed by atoms with Gasteiger partial charge in [0.2, 0.25) is 0 Å². The number of benzene rings is 1. The van der Waals surface area contributed by atoms with E-state index in [0.717, 1.165) is 17.4 Å². The molecule has 1 saturated carbocycles. The number of rotatable bonds is 3. The summed E-state index contributed by atoms with van der Waals surface area (Å²) in [4.78, 5) is 0.584. The summed E-state index contributed by atoms with van der Waals surface area (Å²) in [6.45, 7) is 4.81. The second-order valence-electron chi connectivity index (χ2n) is 5.83. The Kier molecular flexibility index (Phi) is 4.20. The van der Waals surface area contributed by atoms with Crippen LogP contribution in [0, 0.1) is 11.3 Å². The van der Waals surface area contributed by atoms with Crippen LogP contribution in [0.3, 0.4) is 0 Å². The van der Waals surface area contributed by atoms with E-state index < -0.39 is 0 Å². The van der Waals surface area contributed by atoms with Gasteiger partial charge in [0.05, 0.1) is 0 Å². The topological polar surface area (TPSA) is 0 Å². The standard InChI is InChI=1S/C15H20BrCl/c1-15(2)9-3-4-13(15)14(16)10-11-5-7-12(17)8-6-11/h5-8,13-14H,3-4,9-10H2,1-2H3. The first kappa shape index (κ1) is 13.4. The summed E-state index contributed by atoms with van der Waals surface area (Å²) in [5.74, 6) is 0.790. The first-order valence-electron chi connectivity index (χ1n) is 6.37. The maximum absolute atomic E-state index is 5.91. The van der Waals surface area contributed by atoms with Crippen LogP contribution in [-0.4, -0.2) is 4.83 Å². The van der Waals surface area contributed by atoms with Crippen LogP contribution in [-0.2, 0) is 6.42 Å². The van der Waals surface area contributed by atoms with Crippen molar-refractivity contribution in [1.82, 2.24) is 0 Å². The molecule has 2 heteroatoms. The van der Waals surface area contributed by atoms with Gasteiger partial charge in [-0.15, -0.1) is 0 Å². The van der Waals surface area contributed by atoms with Gasteiger partial charge in [0.1, 0.15) is 0 Å². The molecule has 0 radical (unpaired) electrons. The lowest BCUT2D eigenvalue weighted by molar-refractivity contribution is 0.255. The van der Waals surface area contributed by atoms with E-state index in [-0.39, 0.29) is 0 Å². The molecule has 0 amide bonds. The Bertz CT molecular complexity index is 369. The summed E-state index contributed by atoms with van der Waals surface area (Å²) >= 11 is 9.81. The van der Waals surface area contributed by atoms with E-state index in [1.165, 1.54) is 24.8 Å². The fourth-order valence-corrected chi connectivity index (χ4v) is 4.49. The molecule has 0 aliphatic heterocycles. The van der Waals surface area contributed by atoms with Gasteiger partial charge < -0.3 is 0 Å². The van der Waals surface area contributed by atoms with Crippen molar-refractivity contribution in [3.8, 4) is 0 Å². The van der Waals surface area contributed by atoms with Crippen LogP contribution in [0.15, 0.2) is 24.3 Å². The van der Waals surface area contributed by atoms with Gasteiger partial charge >= 0.3 is 0 Å². The van der Waals surface area contributed by atoms with Crippen molar-refractivity contribution < 1.29 is 0 Å². The molecule has 0 N–H and O–H groups in total. The fraction of sp³-hybridized carbons (Fsp3) is 0.600. The van der Waals surface area contributed by atoms with E-state index >= 15 is 0 Å². The molecule has 17 heavy (non-hydrogen) atoms. The number of halogens is 2. The van der Waals surface area contributed by atoms with E-state index in [0.29, 0.717) is 10.2 Å². The highest BCUT2D eigenvalue weighted by Gasteiger charge is 2.38. The van der Waals surface area contributed by atoms with Crippen molar-refractivity contribution in [3.63, 3.8) is 0 Å². The molecule has 1 aromatic rings. The highest BCUT2D eigenvalue weighted by atomic mass is 79.9. The summed E-state index contributed by atoms with van der Waals surface area (Å²) in [5.41, 5.74) is 1.86. The Labute approximate surface area is 118 Å². The third-order valence-corrected chi connectivity index (χ3v) is 5.33. The van der Waals surface area contributed by atoms with Gasteiger partial charge in [-0.2, -0.15) is 0 Å². The molecular weight excluding hydrogens is 296 g/mol. The van der Waals surface area contributed by atoms with Crippen molar-refractivity contribution in [1.29, 1.82) is 0 Å². The summed E-state index contributed by atoms with van der Waals surface area (Å²) < 4.78 is 0. The number of alkyl halides is 1. The molecule has 0 saturated heterocycles. The van der Waals surface area contributed by atoms with Gasteiger partial charge in [-0.25, -0.2) is 0 Å². The van der Waals surface area contributed by atoms with Gasteiger partial charge in [0.25, 0.3) is 0 Å². The van der Waals surface area contributed by atoms with Crippen LogP contribution < -0.4 is 0 Å². The molecular formula is C15H20BrCl. The molecule has 2 rings (SSSR count). The Morgan fingerprint density at radius 3 is 2.53 bits per heavy atom. The SMILES string of the molecule is CC1(C)CCCC1C(Br)Cc1ccc(Cl)cc1. The number of hydrogen-bond donors (Lipinski definition) is 0. The van der Waals surface area contributed by atoms with Crippen LogP contribution in [0.2, 0.25) is 5.02 Å². The van der Waals surface area contributed by atoms with Gasteiger partial charge in [-0.1, -0.05) is 59.9 Å². The molecule has 1 aliphatic carbocycles. The molecule has 2 unspecified atom stereocenters. The largest absolute Gasteiger partial charge is 0.0884 e. The monoisotopic (exact) mass is 314 g/mol. The quantitative estimate of drug-likeness (QED) is 0.649. The molecule has 1 fully saturated rings. The molecule has 2 atom stereocenters. The summed E-state index contributed by atoms with van der Waals surface area (Å²) in [6.07, 6.45) is 5.20. The Morgan fingerprint density at radius 2 is 2.00 bits per heavy atom. The Hall–Kier alpha value is -0.0100. The van der Waals surface area contributed by atoms with Crippen LogP contribution in [0.5, 0.6) is 0 Å². The molecule has 1 aliphatic rings. The van der Waals surface area contributed by atoms with Crippen LogP contribution in [0.4, 0.5) is 0 Å². The summed E-state index contributed by atoms with van der Waals surface area (Å²) in [5, 5.41) is 0.820. The maximum Gasteiger partial charge on any atom is 0.0406 e. The van der Waals surface area contributed by atoms with Gasteiger partial charge in [0.15, 0.2) is 0 Å². The van der Waals surface area contributed by atoms with Gasteiger partial charge in [0, 0.05) is 9.85 Å². The minimum atomic E-state index is 0.487. The van der Waals surface area contributed by atoms with E-state index in [4.69, 9.17) is 11.6 Å². The van der Waals surface area contributed by atoms with Crippen molar-refractivity contribution in [2.24, 2.45) is 11.3 Å². The first-order chi connectivity index (χ1) is 7.99. The van der Waals surface area contributed by atoms with Crippen LogP contribution in [0.1, 0.15) is 38.7 Å². The second kappa shape index (κ2) is 5.32. The molecule has 0 nitrogen and oxygen atoms in total. The lowest BCUT2D eigenvalue weighted by atomic mass is 9.79. The lowest BCUT2D eigenvalue weighted by Gasteiger charge is -2.31. The third kappa shape index (κ3) is 3.26. The average molecular weight is 316 g/mol. The highest BCUT2D eigenvalue weighted by Crippen LogP contribution is 2.46. The van der Waals surface area contributed by atoms with Crippen molar-refractivity contribution >= 4 is 27.5 Å². The zero-order chi connectivity index (χ0) is 12.5. The van der Waals surface area contributed by atoms with Crippen LogP contribution in [0.25, 0.3) is 0 Å². The molecule has 94 valence electrons. The number of hydrogen-bond acceptors (Lipinski definition) is 0. The molecule has 0 bridgehead atoms. The molecule has 0 heterocycles. The Balaban J connectivity index is 2.01. The van der Waals surface area contributed by atoms with Crippen molar-refractivity contribution in [2.75, 3.05) is 0 Å². The minimum Gasteiger partial charge on any atom is -0.0884 e. The first-order valence-corrected chi connectivity index (χ1v) is 7.67. The minimum absolute atomic E-state index is 0.487. The zero-order valence-corrected chi connectivity index (χ0v) is 12.9. The molecule has 0 spiro atoms. The van der Waals surface area contributed by atoms with Crippen LogP contribution >= 0.6 is 27.5 Å². The normalized spacial score (nSPS) is 24.8. The zero-order valence-electron chi connectivity index (χ0n) is 10.5. The van der Waals surface area contributed by atoms with Crippen molar-refractivity contribution in [3.05, 3.63) is 34.9 Å². The predicted octanol–water partition coefficient (Wildman–Crippen LogP) is 5.47. The second-order valence-corrected chi connectivity index (χ2v) is 7.45. The van der Waals surface area contributed by atoms with E-state index in [2.05, 4.69) is 41.9 Å². The smallest absolute Gasteiger partial charge is 0.0406 e. The average Bonchev–Trinajstić information content (AvgIpc) is 2.61. The fourth-order valence-electron chi connectivity index (χ4n) is 3.01.